The van der Waals surface area contributed by atoms with Gasteiger partial charge < -0.3 is 9.78 Å². The van der Waals surface area contributed by atoms with Crippen molar-refractivity contribution in [3.8, 4) is 11.5 Å². The zero-order valence-electron chi connectivity index (χ0n) is 7.87. The summed E-state index contributed by atoms with van der Waals surface area (Å²) in [4.78, 5) is 18.7. The smallest absolute Gasteiger partial charge is 0.169 e. The van der Waals surface area contributed by atoms with E-state index in [9.17, 15) is 0 Å². The molecule has 13 heavy (non-hydrogen) atoms. The topological polar surface area (TPSA) is 36.9 Å². The SMILES string of the molecule is COOc1cc(C)cc(OOC)c1. The zero-order valence-corrected chi connectivity index (χ0v) is 7.87. The van der Waals surface area contributed by atoms with Gasteiger partial charge in [-0.2, -0.15) is 9.78 Å². The van der Waals surface area contributed by atoms with Gasteiger partial charge in [0.15, 0.2) is 11.5 Å². The molecular weight excluding hydrogens is 172 g/mol. The third-order valence-electron chi connectivity index (χ3n) is 1.38. The van der Waals surface area contributed by atoms with Crippen LogP contribution >= 0.6 is 0 Å². The van der Waals surface area contributed by atoms with Crippen molar-refractivity contribution in [1.29, 1.82) is 0 Å². The van der Waals surface area contributed by atoms with Crippen molar-refractivity contribution in [2.75, 3.05) is 14.2 Å². The van der Waals surface area contributed by atoms with Gasteiger partial charge in [0.05, 0.1) is 14.2 Å². The zero-order chi connectivity index (χ0) is 9.68. The molecule has 4 nitrogen and oxygen atoms in total. The van der Waals surface area contributed by atoms with E-state index in [4.69, 9.17) is 9.78 Å². The Balaban J connectivity index is 2.83. The molecule has 0 aliphatic carbocycles. The molecule has 0 aliphatic heterocycles. The van der Waals surface area contributed by atoms with Gasteiger partial charge in [-0.25, -0.2) is 0 Å². The van der Waals surface area contributed by atoms with Crippen molar-refractivity contribution >= 4 is 0 Å². The lowest BCUT2D eigenvalue weighted by molar-refractivity contribution is -0.184. The second kappa shape index (κ2) is 4.69. The lowest BCUT2D eigenvalue weighted by Gasteiger charge is -2.05. The Kier molecular flexibility index (Phi) is 3.54. The van der Waals surface area contributed by atoms with Gasteiger partial charge in [-0.05, 0) is 24.6 Å². The van der Waals surface area contributed by atoms with E-state index in [1.807, 2.05) is 19.1 Å². The van der Waals surface area contributed by atoms with Gasteiger partial charge in [0.1, 0.15) is 0 Å². The number of rotatable bonds is 4. The highest BCUT2D eigenvalue weighted by molar-refractivity contribution is 5.37. The first kappa shape index (κ1) is 9.83. The van der Waals surface area contributed by atoms with Crippen LogP contribution in [-0.4, -0.2) is 14.2 Å². The first-order valence-electron chi connectivity index (χ1n) is 3.79. The predicted octanol–water partition coefficient (Wildman–Crippen LogP) is 1.88. The van der Waals surface area contributed by atoms with Crippen molar-refractivity contribution in [2.24, 2.45) is 0 Å². The van der Waals surface area contributed by atoms with Gasteiger partial charge in [-0.1, -0.05) is 0 Å². The van der Waals surface area contributed by atoms with E-state index in [2.05, 4.69) is 9.78 Å². The van der Waals surface area contributed by atoms with Crippen molar-refractivity contribution in [2.45, 2.75) is 6.92 Å². The normalized spacial score (nSPS) is 9.77. The molecule has 0 bridgehead atoms. The minimum atomic E-state index is 0.578. The largest absolute Gasteiger partial charge is 0.338 e. The average Bonchev–Trinajstić information content (AvgIpc) is 2.04. The van der Waals surface area contributed by atoms with Crippen molar-refractivity contribution in [3.05, 3.63) is 23.8 Å². The summed E-state index contributed by atoms with van der Waals surface area (Å²) in [5, 5.41) is 0. The third kappa shape index (κ3) is 2.93. The second-order valence-corrected chi connectivity index (χ2v) is 2.48. The summed E-state index contributed by atoms with van der Waals surface area (Å²) < 4.78 is 0. The van der Waals surface area contributed by atoms with Crippen LogP contribution in [-0.2, 0) is 9.78 Å². The van der Waals surface area contributed by atoms with Gasteiger partial charge in [-0.15, -0.1) is 0 Å². The predicted molar refractivity (Wildman–Crippen MR) is 46.5 cm³/mol. The summed E-state index contributed by atoms with van der Waals surface area (Å²) in [6.07, 6.45) is 0. The maximum Gasteiger partial charge on any atom is 0.169 e. The Morgan fingerprint density at radius 2 is 1.31 bits per heavy atom. The maximum absolute atomic E-state index is 4.84. The van der Waals surface area contributed by atoms with Crippen LogP contribution in [0.1, 0.15) is 5.56 Å². The van der Waals surface area contributed by atoms with Crippen LogP contribution < -0.4 is 9.78 Å². The summed E-state index contributed by atoms with van der Waals surface area (Å²) in [5.41, 5.74) is 1.00. The molecule has 0 N–H and O–H groups in total. The first-order chi connectivity index (χ1) is 6.26. The van der Waals surface area contributed by atoms with Crippen LogP contribution in [0.5, 0.6) is 11.5 Å². The molecular formula is C9H12O4. The van der Waals surface area contributed by atoms with Gasteiger partial charge in [0.25, 0.3) is 0 Å². The molecule has 0 fully saturated rings. The highest BCUT2D eigenvalue weighted by Crippen LogP contribution is 2.22. The Morgan fingerprint density at radius 3 is 1.69 bits per heavy atom. The Labute approximate surface area is 76.8 Å². The van der Waals surface area contributed by atoms with Crippen LogP contribution in [0.25, 0.3) is 0 Å². The molecule has 0 radical (unpaired) electrons. The van der Waals surface area contributed by atoms with Crippen LogP contribution in [0.15, 0.2) is 18.2 Å². The van der Waals surface area contributed by atoms with Crippen LogP contribution in [0, 0.1) is 6.92 Å². The molecule has 0 unspecified atom stereocenters. The lowest BCUT2D eigenvalue weighted by Crippen LogP contribution is -1.94. The summed E-state index contributed by atoms with van der Waals surface area (Å²) in [6, 6.07) is 5.32. The van der Waals surface area contributed by atoms with Crippen LogP contribution in [0.4, 0.5) is 0 Å². The highest BCUT2D eigenvalue weighted by Gasteiger charge is 2.01. The molecule has 72 valence electrons. The van der Waals surface area contributed by atoms with E-state index in [1.54, 1.807) is 6.07 Å². The van der Waals surface area contributed by atoms with Gasteiger partial charge in [-0.3, -0.25) is 0 Å². The molecule has 0 heterocycles. The Morgan fingerprint density at radius 1 is 0.846 bits per heavy atom. The van der Waals surface area contributed by atoms with Crippen molar-refractivity contribution in [3.63, 3.8) is 0 Å². The van der Waals surface area contributed by atoms with Gasteiger partial charge in [0, 0.05) is 6.07 Å². The number of hydrogen-bond acceptors (Lipinski definition) is 4. The number of hydrogen-bond donors (Lipinski definition) is 0. The molecule has 0 saturated carbocycles. The van der Waals surface area contributed by atoms with Crippen molar-refractivity contribution < 1.29 is 19.6 Å². The molecule has 0 aliphatic rings. The molecule has 0 spiro atoms. The van der Waals surface area contributed by atoms with E-state index >= 15 is 0 Å². The molecule has 1 rings (SSSR count). The quantitative estimate of drug-likeness (QED) is 0.528. The molecule has 0 aromatic heterocycles. The standard InChI is InChI=1S/C9H12O4/c1-7-4-8(12-10-2)6-9(5-7)13-11-3/h4-6H,1-3H3. The third-order valence-corrected chi connectivity index (χ3v) is 1.38. The lowest BCUT2D eigenvalue weighted by atomic mass is 10.2. The minimum absolute atomic E-state index is 0.578. The van der Waals surface area contributed by atoms with E-state index in [-0.39, 0.29) is 0 Å². The molecule has 1 aromatic rings. The molecule has 1 aromatic carbocycles. The van der Waals surface area contributed by atoms with E-state index in [0.717, 1.165) is 5.56 Å². The molecule has 0 atom stereocenters. The minimum Gasteiger partial charge on any atom is -0.338 e. The molecule has 0 amide bonds. The molecule has 4 heteroatoms. The summed E-state index contributed by atoms with van der Waals surface area (Å²) in [6.45, 7) is 1.92. The maximum atomic E-state index is 4.84. The van der Waals surface area contributed by atoms with E-state index < -0.39 is 0 Å². The van der Waals surface area contributed by atoms with Gasteiger partial charge in [0.2, 0.25) is 0 Å². The Hall–Kier alpha value is -1.26. The number of benzene rings is 1. The van der Waals surface area contributed by atoms with Crippen LogP contribution in [0.3, 0.4) is 0 Å². The van der Waals surface area contributed by atoms with Crippen molar-refractivity contribution in [1.82, 2.24) is 0 Å². The fourth-order valence-electron chi connectivity index (χ4n) is 1.00. The monoisotopic (exact) mass is 184 g/mol. The average molecular weight is 184 g/mol. The van der Waals surface area contributed by atoms with E-state index in [0.29, 0.717) is 11.5 Å². The fraction of sp³-hybridized carbons (Fsp3) is 0.333. The van der Waals surface area contributed by atoms with Gasteiger partial charge >= 0.3 is 0 Å². The Bertz CT molecular complexity index is 248. The first-order valence-corrected chi connectivity index (χ1v) is 3.79. The summed E-state index contributed by atoms with van der Waals surface area (Å²) >= 11 is 0. The fourth-order valence-corrected chi connectivity index (χ4v) is 1.00. The second-order valence-electron chi connectivity index (χ2n) is 2.48. The number of aryl methyl sites for hydroxylation is 1. The summed E-state index contributed by atoms with van der Waals surface area (Å²) in [5.74, 6) is 1.16. The highest BCUT2D eigenvalue weighted by atomic mass is 17.2. The van der Waals surface area contributed by atoms with Crippen LogP contribution in [0.2, 0.25) is 0 Å². The molecule has 0 saturated heterocycles. The van der Waals surface area contributed by atoms with E-state index in [1.165, 1.54) is 14.2 Å². The summed E-state index contributed by atoms with van der Waals surface area (Å²) in [7, 11) is 2.89.